The summed E-state index contributed by atoms with van der Waals surface area (Å²) in [5.41, 5.74) is 1.65. The number of carbonyl (C=O) groups excluding carboxylic acids is 1. The molecule has 0 spiro atoms. The maximum atomic E-state index is 12.4. The molecule has 0 aromatic heterocycles. The number of hydrogen-bond donors (Lipinski definition) is 1. The topological polar surface area (TPSA) is 84.9 Å². The summed E-state index contributed by atoms with van der Waals surface area (Å²) in [6.07, 6.45) is 1.10. The Bertz CT molecular complexity index is 901. The summed E-state index contributed by atoms with van der Waals surface area (Å²) in [6.45, 7) is 4.96. The van der Waals surface area contributed by atoms with E-state index in [2.05, 4.69) is 5.32 Å². The lowest BCUT2D eigenvalue weighted by Crippen LogP contribution is -2.39. The highest BCUT2D eigenvalue weighted by molar-refractivity contribution is 7.88. The van der Waals surface area contributed by atoms with Crippen LogP contribution in [0.1, 0.15) is 25.0 Å². The molecule has 2 aromatic rings. The number of rotatable bonds is 11. The number of hydrogen-bond acceptors (Lipinski definition) is 5. The second-order valence-electron chi connectivity index (χ2n) is 6.44. The Morgan fingerprint density at radius 2 is 1.62 bits per heavy atom. The van der Waals surface area contributed by atoms with Crippen molar-refractivity contribution in [2.24, 2.45) is 0 Å². The van der Waals surface area contributed by atoms with Crippen LogP contribution in [0, 0.1) is 0 Å². The molecule has 0 radical (unpaired) electrons. The summed E-state index contributed by atoms with van der Waals surface area (Å²) in [6, 6.07) is 14.6. The third kappa shape index (κ3) is 7.40. The van der Waals surface area contributed by atoms with E-state index in [1.165, 1.54) is 0 Å². The molecule has 29 heavy (non-hydrogen) atoms. The zero-order valence-electron chi connectivity index (χ0n) is 17.1. The highest BCUT2D eigenvalue weighted by Gasteiger charge is 2.20. The van der Waals surface area contributed by atoms with Crippen LogP contribution in [-0.4, -0.2) is 44.6 Å². The molecule has 0 saturated heterocycles. The van der Waals surface area contributed by atoms with Gasteiger partial charge in [0.25, 0.3) is 0 Å². The van der Waals surface area contributed by atoms with Gasteiger partial charge in [-0.15, -0.1) is 0 Å². The second-order valence-corrected chi connectivity index (χ2v) is 8.42. The lowest BCUT2D eigenvalue weighted by molar-refractivity contribution is -0.121. The molecule has 0 aliphatic rings. The van der Waals surface area contributed by atoms with Gasteiger partial charge in [-0.3, -0.25) is 4.79 Å². The molecule has 158 valence electrons. The minimum absolute atomic E-state index is 0.143. The Kier molecular flexibility index (Phi) is 8.48. The van der Waals surface area contributed by atoms with Crippen LogP contribution in [0.3, 0.4) is 0 Å². The van der Waals surface area contributed by atoms with Gasteiger partial charge in [0.1, 0.15) is 0 Å². The SMILES string of the molecule is CCOc1ccc(CNC(=O)CN(Cc2ccccc2)S(C)(=O)=O)cc1OCC. The van der Waals surface area contributed by atoms with Gasteiger partial charge in [0.05, 0.1) is 26.0 Å². The highest BCUT2D eigenvalue weighted by atomic mass is 32.2. The summed E-state index contributed by atoms with van der Waals surface area (Å²) in [7, 11) is -3.53. The first-order valence-corrected chi connectivity index (χ1v) is 11.3. The van der Waals surface area contributed by atoms with Crippen LogP contribution in [0.2, 0.25) is 0 Å². The molecule has 2 aromatic carbocycles. The van der Waals surface area contributed by atoms with Crippen molar-refractivity contribution in [1.82, 2.24) is 9.62 Å². The summed E-state index contributed by atoms with van der Waals surface area (Å²) in [5, 5.41) is 2.77. The van der Waals surface area contributed by atoms with Gasteiger partial charge in [-0.05, 0) is 37.1 Å². The summed E-state index contributed by atoms with van der Waals surface area (Å²) >= 11 is 0. The van der Waals surface area contributed by atoms with Gasteiger partial charge in [0, 0.05) is 13.1 Å². The predicted octanol–water partition coefficient (Wildman–Crippen LogP) is 2.56. The molecule has 2 rings (SSSR count). The molecule has 0 heterocycles. The van der Waals surface area contributed by atoms with Crippen LogP contribution in [0.4, 0.5) is 0 Å². The maximum absolute atomic E-state index is 12.4. The van der Waals surface area contributed by atoms with Crippen LogP contribution in [0.25, 0.3) is 0 Å². The van der Waals surface area contributed by atoms with Gasteiger partial charge in [0.2, 0.25) is 15.9 Å². The van der Waals surface area contributed by atoms with Gasteiger partial charge in [-0.25, -0.2) is 8.42 Å². The predicted molar refractivity (Wildman–Crippen MR) is 112 cm³/mol. The minimum Gasteiger partial charge on any atom is -0.490 e. The van der Waals surface area contributed by atoms with Crippen molar-refractivity contribution in [3.63, 3.8) is 0 Å². The maximum Gasteiger partial charge on any atom is 0.235 e. The molecule has 0 atom stereocenters. The van der Waals surface area contributed by atoms with Crippen LogP contribution in [-0.2, 0) is 27.9 Å². The number of nitrogens with zero attached hydrogens (tertiary/aromatic N) is 1. The van der Waals surface area contributed by atoms with Crippen LogP contribution in [0.5, 0.6) is 11.5 Å². The van der Waals surface area contributed by atoms with Crippen molar-refractivity contribution in [1.29, 1.82) is 0 Å². The smallest absolute Gasteiger partial charge is 0.235 e. The lowest BCUT2D eigenvalue weighted by Gasteiger charge is -2.19. The Labute approximate surface area is 172 Å². The quantitative estimate of drug-likeness (QED) is 0.604. The van der Waals surface area contributed by atoms with E-state index in [4.69, 9.17) is 9.47 Å². The van der Waals surface area contributed by atoms with Gasteiger partial charge < -0.3 is 14.8 Å². The molecule has 1 N–H and O–H groups in total. The van der Waals surface area contributed by atoms with Gasteiger partial charge in [0.15, 0.2) is 11.5 Å². The Hall–Kier alpha value is -2.58. The Morgan fingerprint density at radius 3 is 2.24 bits per heavy atom. The number of carbonyl (C=O) groups is 1. The Morgan fingerprint density at radius 1 is 0.966 bits per heavy atom. The fraction of sp³-hybridized carbons (Fsp3) is 0.381. The third-order valence-electron chi connectivity index (χ3n) is 4.09. The fourth-order valence-electron chi connectivity index (χ4n) is 2.70. The van der Waals surface area contributed by atoms with Gasteiger partial charge >= 0.3 is 0 Å². The summed E-state index contributed by atoms with van der Waals surface area (Å²) in [5.74, 6) is 0.886. The van der Waals surface area contributed by atoms with E-state index >= 15 is 0 Å². The third-order valence-corrected chi connectivity index (χ3v) is 5.28. The molecule has 0 fully saturated rings. The van der Waals surface area contributed by atoms with Crippen molar-refractivity contribution in [3.8, 4) is 11.5 Å². The van der Waals surface area contributed by atoms with Gasteiger partial charge in [-0.1, -0.05) is 36.4 Å². The highest BCUT2D eigenvalue weighted by Crippen LogP contribution is 2.28. The molecule has 0 saturated carbocycles. The van der Waals surface area contributed by atoms with E-state index < -0.39 is 10.0 Å². The lowest BCUT2D eigenvalue weighted by atomic mass is 10.2. The van der Waals surface area contributed by atoms with Crippen molar-refractivity contribution in [2.45, 2.75) is 26.9 Å². The first-order valence-electron chi connectivity index (χ1n) is 9.47. The number of benzene rings is 2. The molecule has 0 aliphatic carbocycles. The van der Waals surface area contributed by atoms with E-state index in [0.29, 0.717) is 24.7 Å². The van der Waals surface area contributed by atoms with E-state index in [1.807, 2.05) is 56.3 Å². The van der Waals surface area contributed by atoms with Crippen molar-refractivity contribution < 1.29 is 22.7 Å². The molecule has 0 bridgehead atoms. The number of ether oxygens (including phenoxy) is 2. The van der Waals surface area contributed by atoms with Crippen LogP contribution >= 0.6 is 0 Å². The Balaban J connectivity index is 2.00. The average Bonchev–Trinajstić information content (AvgIpc) is 2.68. The summed E-state index contributed by atoms with van der Waals surface area (Å²) < 4.78 is 36.4. The van der Waals surface area contributed by atoms with Gasteiger partial charge in [-0.2, -0.15) is 4.31 Å². The summed E-state index contributed by atoms with van der Waals surface area (Å²) in [4.78, 5) is 12.4. The largest absolute Gasteiger partial charge is 0.490 e. The minimum atomic E-state index is -3.53. The monoisotopic (exact) mass is 420 g/mol. The molecular weight excluding hydrogens is 392 g/mol. The zero-order chi connectivity index (χ0) is 21.3. The zero-order valence-corrected chi connectivity index (χ0v) is 17.9. The first-order chi connectivity index (χ1) is 13.8. The standard InChI is InChI=1S/C21H28N2O5S/c1-4-27-19-12-11-18(13-20(19)28-5-2)14-22-21(24)16-23(29(3,25)26)15-17-9-7-6-8-10-17/h6-13H,4-5,14-16H2,1-3H3,(H,22,24). The molecule has 0 aliphatic heterocycles. The van der Waals surface area contributed by atoms with E-state index in [9.17, 15) is 13.2 Å². The number of nitrogens with one attached hydrogen (secondary N) is 1. The normalized spacial score (nSPS) is 11.3. The van der Waals surface area contributed by atoms with Crippen molar-refractivity contribution in [3.05, 3.63) is 59.7 Å². The van der Waals surface area contributed by atoms with Crippen LogP contribution < -0.4 is 14.8 Å². The van der Waals surface area contributed by atoms with E-state index in [1.54, 1.807) is 6.07 Å². The van der Waals surface area contributed by atoms with E-state index in [0.717, 1.165) is 21.7 Å². The van der Waals surface area contributed by atoms with Crippen LogP contribution in [0.15, 0.2) is 48.5 Å². The molecule has 7 nitrogen and oxygen atoms in total. The second kappa shape index (κ2) is 10.8. The average molecular weight is 421 g/mol. The first kappa shape index (κ1) is 22.7. The molecule has 1 amide bonds. The molecular formula is C21H28N2O5S. The number of sulfonamides is 1. The van der Waals surface area contributed by atoms with E-state index in [-0.39, 0.29) is 25.5 Å². The number of amides is 1. The molecule has 8 heteroatoms. The fourth-order valence-corrected chi connectivity index (χ4v) is 3.44. The van der Waals surface area contributed by atoms with Crippen molar-refractivity contribution in [2.75, 3.05) is 26.0 Å². The molecule has 0 unspecified atom stereocenters. The van der Waals surface area contributed by atoms with Crippen molar-refractivity contribution >= 4 is 15.9 Å².